The molecule has 1 saturated carbocycles. The molecule has 1 rings (SSSR count). The fraction of sp³-hybridized carbons (Fsp3) is 0.700. The molecule has 0 aromatic rings. The molecular weight excluding hydrogens is 230 g/mol. The van der Waals surface area contributed by atoms with E-state index in [1.807, 2.05) is 0 Å². The maximum atomic E-state index is 11.0. The summed E-state index contributed by atoms with van der Waals surface area (Å²) in [6.07, 6.45) is 4.95. The number of ether oxygens (including phenoxy) is 1. The highest BCUT2D eigenvalue weighted by atomic mass is 32.2. The molecule has 5 nitrogen and oxygen atoms in total. The number of rotatable bonds is 4. The van der Waals surface area contributed by atoms with E-state index in [9.17, 15) is 13.2 Å². The molecule has 92 valence electrons. The Kier molecular flexibility index (Phi) is 4.49. The average Bonchev–Trinajstić information content (AvgIpc) is 2.18. The summed E-state index contributed by atoms with van der Waals surface area (Å²) in [4.78, 5) is 10.9. The van der Waals surface area contributed by atoms with Crippen LogP contribution in [0.5, 0.6) is 0 Å². The van der Waals surface area contributed by atoms with Gasteiger partial charge in [0.15, 0.2) is 0 Å². The van der Waals surface area contributed by atoms with Gasteiger partial charge in [0.2, 0.25) is 10.0 Å². The predicted octanol–water partition coefficient (Wildman–Crippen LogP) is 0.576. The zero-order valence-corrected chi connectivity index (χ0v) is 10.1. The van der Waals surface area contributed by atoms with Crippen molar-refractivity contribution in [2.45, 2.75) is 37.8 Å². The Hall–Kier alpha value is -0.880. The molecular formula is C10H17NO4S. The van der Waals surface area contributed by atoms with E-state index in [0.717, 1.165) is 12.3 Å². The van der Waals surface area contributed by atoms with Crippen molar-refractivity contribution in [2.75, 3.05) is 6.26 Å². The van der Waals surface area contributed by atoms with E-state index < -0.39 is 16.0 Å². The summed E-state index contributed by atoms with van der Waals surface area (Å²) in [6.45, 7) is 3.32. The first kappa shape index (κ1) is 13.2. The third-order valence-electron chi connectivity index (χ3n) is 2.50. The zero-order chi connectivity index (χ0) is 12.2. The van der Waals surface area contributed by atoms with Crippen LogP contribution in [0.2, 0.25) is 0 Å². The summed E-state index contributed by atoms with van der Waals surface area (Å²) < 4.78 is 29.6. The van der Waals surface area contributed by atoms with Crippen molar-refractivity contribution in [1.29, 1.82) is 0 Å². The van der Waals surface area contributed by atoms with Crippen LogP contribution in [-0.4, -0.2) is 32.8 Å². The summed E-state index contributed by atoms with van der Waals surface area (Å²) in [7, 11) is -3.14. The van der Waals surface area contributed by atoms with Gasteiger partial charge in [-0.25, -0.2) is 17.9 Å². The van der Waals surface area contributed by atoms with E-state index in [1.54, 1.807) is 0 Å². The molecule has 0 bridgehead atoms. The molecule has 0 amide bonds. The van der Waals surface area contributed by atoms with E-state index in [4.69, 9.17) is 4.74 Å². The lowest BCUT2D eigenvalue weighted by Gasteiger charge is -2.27. The summed E-state index contributed by atoms with van der Waals surface area (Å²) in [5.74, 6) is -0.417. The summed E-state index contributed by atoms with van der Waals surface area (Å²) in [5, 5.41) is 0. The Labute approximate surface area is 95.9 Å². The topological polar surface area (TPSA) is 72.5 Å². The second kappa shape index (κ2) is 5.45. The quantitative estimate of drug-likeness (QED) is 0.582. The number of esters is 1. The van der Waals surface area contributed by atoms with Crippen LogP contribution in [0.1, 0.15) is 25.7 Å². The molecule has 0 aromatic carbocycles. The predicted molar refractivity (Wildman–Crippen MR) is 60.3 cm³/mol. The molecule has 1 fully saturated rings. The van der Waals surface area contributed by atoms with Crippen LogP contribution in [-0.2, 0) is 19.6 Å². The zero-order valence-electron chi connectivity index (χ0n) is 9.31. The van der Waals surface area contributed by atoms with Crippen LogP contribution >= 0.6 is 0 Å². The highest BCUT2D eigenvalue weighted by molar-refractivity contribution is 7.88. The first-order chi connectivity index (χ1) is 7.40. The minimum Gasteiger partial charge on any atom is -0.459 e. The van der Waals surface area contributed by atoms with E-state index in [1.165, 1.54) is 0 Å². The Bertz CT molecular complexity index is 355. The summed E-state index contributed by atoms with van der Waals surface area (Å²) >= 11 is 0. The Morgan fingerprint density at radius 3 is 2.38 bits per heavy atom. The van der Waals surface area contributed by atoms with E-state index in [0.29, 0.717) is 25.7 Å². The third kappa shape index (κ3) is 4.76. The molecule has 0 heterocycles. The van der Waals surface area contributed by atoms with Crippen LogP contribution in [0.25, 0.3) is 0 Å². The molecule has 0 aliphatic heterocycles. The summed E-state index contributed by atoms with van der Waals surface area (Å²) in [5.41, 5.74) is 0. The molecule has 0 radical (unpaired) electrons. The maximum absolute atomic E-state index is 11.0. The molecule has 1 aliphatic carbocycles. The van der Waals surface area contributed by atoms with Gasteiger partial charge in [0.1, 0.15) is 6.10 Å². The highest BCUT2D eigenvalue weighted by Gasteiger charge is 2.24. The largest absolute Gasteiger partial charge is 0.459 e. The molecule has 0 unspecified atom stereocenters. The van der Waals surface area contributed by atoms with Gasteiger partial charge in [-0.15, -0.1) is 0 Å². The van der Waals surface area contributed by atoms with Crippen LogP contribution in [0.4, 0.5) is 0 Å². The minimum absolute atomic E-state index is 0.0336. The molecule has 0 atom stereocenters. The van der Waals surface area contributed by atoms with Crippen molar-refractivity contribution in [3.63, 3.8) is 0 Å². The van der Waals surface area contributed by atoms with Crippen molar-refractivity contribution in [3.05, 3.63) is 12.7 Å². The van der Waals surface area contributed by atoms with Gasteiger partial charge < -0.3 is 4.74 Å². The lowest BCUT2D eigenvalue weighted by molar-refractivity contribution is -0.144. The Morgan fingerprint density at radius 2 is 1.94 bits per heavy atom. The molecule has 6 heteroatoms. The van der Waals surface area contributed by atoms with E-state index in [-0.39, 0.29) is 12.1 Å². The standard InChI is InChI=1S/C10H17NO4S/c1-3-10(12)15-9-6-4-8(5-7-9)11-16(2,13)14/h3,8-9,11H,1,4-7H2,2H3. The maximum Gasteiger partial charge on any atom is 0.330 e. The Balaban J connectivity index is 2.34. The van der Waals surface area contributed by atoms with Gasteiger partial charge in [0.25, 0.3) is 0 Å². The molecule has 0 aromatic heterocycles. The number of carbonyl (C=O) groups excluding carboxylic acids is 1. The molecule has 16 heavy (non-hydrogen) atoms. The first-order valence-corrected chi connectivity index (χ1v) is 7.10. The molecule has 0 spiro atoms. The average molecular weight is 247 g/mol. The van der Waals surface area contributed by atoms with Crippen LogP contribution < -0.4 is 4.72 Å². The van der Waals surface area contributed by atoms with Crippen molar-refractivity contribution < 1.29 is 17.9 Å². The lowest BCUT2D eigenvalue weighted by Crippen LogP contribution is -2.38. The van der Waals surface area contributed by atoms with E-state index in [2.05, 4.69) is 11.3 Å². The normalized spacial score (nSPS) is 26.1. The van der Waals surface area contributed by atoms with E-state index >= 15 is 0 Å². The smallest absolute Gasteiger partial charge is 0.330 e. The number of carbonyl (C=O) groups is 1. The van der Waals surface area contributed by atoms with Crippen molar-refractivity contribution >= 4 is 16.0 Å². The monoisotopic (exact) mass is 247 g/mol. The third-order valence-corrected chi connectivity index (χ3v) is 3.27. The van der Waals surface area contributed by atoms with Gasteiger partial charge in [0.05, 0.1) is 6.26 Å². The second-order valence-corrected chi connectivity index (χ2v) is 5.78. The van der Waals surface area contributed by atoms with Crippen molar-refractivity contribution in [3.8, 4) is 0 Å². The highest BCUT2D eigenvalue weighted by Crippen LogP contribution is 2.21. The Morgan fingerprint density at radius 1 is 1.38 bits per heavy atom. The van der Waals surface area contributed by atoms with Gasteiger partial charge in [0, 0.05) is 12.1 Å². The number of hydrogen-bond donors (Lipinski definition) is 1. The van der Waals surface area contributed by atoms with Gasteiger partial charge in [-0.1, -0.05) is 6.58 Å². The van der Waals surface area contributed by atoms with Crippen LogP contribution in [0.3, 0.4) is 0 Å². The van der Waals surface area contributed by atoms with Crippen LogP contribution in [0, 0.1) is 0 Å². The SMILES string of the molecule is C=CC(=O)OC1CCC(NS(C)(=O)=O)CC1. The first-order valence-electron chi connectivity index (χ1n) is 5.21. The number of sulfonamides is 1. The lowest BCUT2D eigenvalue weighted by atomic mass is 9.94. The van der Waals surface area contributed by atoms with Gasteiger partial charge in [-0.3, -0.25) is 0 Å². The molecule has 0 saturated heterocycles. The van der Waals surface area contributed by atoms with Gasteiger partial charge in [-0.05, 0) is 25.7 Å². The summed E-state index contributed by atoms with van der Waals surface area (Å²) in [6, 6.07) is -0.0336. The van der Waals surface area contributed by atoms with Crippen molar-refractivity contribution in [2.24, 2.45) is 0 Å². The van der Waals surface area contributed by atoms with Gasteiger partial charge in [-0.2, -0.15) is 0 Å². The number of nitrogens with one attached hydrogen (secondary N) is 1. The minimum atomic E-state index is -3.14. The van der Waals surface area contributed by atoms with Crippen molar-refractivity contribution in [1.82, 2.24) is 4.72 Å². The second-order valence-electron chi connectivity index (χ2n) is 4.00. The molecule has 1 aliphatic rings. The fourth-order valence-corrected chi connectivity index (χ4v) is 2.65. The molecule has 1 N–H and O–H groups in total. The van der Waals surface area contributed by atoms with Gasteiger partial charge >= 0.3 is 5.97 Å². The van der Waals surface area contributed by atoms with Crippen LogP contribution in [0.15, 0.2) is 12.7 Å². The number of hydrogen-bond acceptors (Lipinski definition) is 4. The fourth-order valence-electron chi connectivity index (χ4n) is 1.81.